The summed E-state index contributed by atoms with van der Waals surface area (Å²) < 4.78 is 49.9. The predicted octanol–water partition coefficient (Wildman–Crippen LogP) is 4.97. The maximum Gasteiger partial charge on any atom is 0.416 e. The quantitative estimate of drug-likeness (QED) is 0.440. The molecule has 3 rings (SSSR count). The van der Waals surface area contributed by atoms with Crippen LogP contribution in [0.1, 0.15) is 17.5 Å². The zero-order valence-electron chi connectivity index (χ0n) is 16.5. The number of aliphatic carboxylic acids is 1. The number of hydrogen-bond donors (Lipinski definition) is 1. The second-order valence-electron chi connectivity index (χ2n) is 6.47. The van der Waals surface area contributed by atoms with E-state index in [1.54, 1.807) is 18.2 Å². The van der Waals surface area contributed by atoms with Crippen LogP contribution in [0.15, 0.2) is 47.4 Å². The topological polar surface area (TPSA) is 76.1 Å². The van der Waals surface area contributed by atoms with Crippen molar-refractivity contribution in [3.8, 4) is 11.5 Å². The monoisotopic (exact) mass is 483 g/mol. The summed E-state index contributed by atoms with van der Waals surface area (Å²) in [6.07, 6.45) is -3.18. The average molecular weight is 483 g/mol. The van der Waals surface area contributed by atoms with Crippen molar-refractivity contribution in [1.29, 1.82) is 0 Å². The Balaban J connectivity index is 1.84. The summed E-state index contributed by atoms with van der Waals surface area (Å²) in [6, 6.07) is 9.19. The lowest BCUT2D eigenvalue weighted by Gasteiger charge is -2.16. The number of nitrogens with zero attached hydrogens (tertiary/aromatic N) is 1. The Morgan fingerprint density at radius 1 is 1.22 bits per heavy atom. The smallest absolute Gasteiger partial charge is 0.416 e. The number of carboxylic acid groups (broad SMARTS) is 1. The Kier molecular flexibility index (Phi) is 7.09. The van der Waals surface area contributed by atoms with Crippen LogP contribution in [-0.2, 0) is 15.8 Å². The number of carboxylic acids is 1. The molecule has 1 saturated heterocycles. The molecule has 1 heterocycles. The molecular weight excluding hydrogens is 467 g/mol. The maximum absolute atomic E-state index is 13.0. The van der Waals surface area contributed by atoms with Crippen LogP contribution in [0.4, 0.5) is 18.9 Å². The Morgan fingerprint density at radius 3 is 2.62 bits per heavy atom. The number of alkyl halides is 3. The summed E-state index contributed by atoms with van der Waals surface area (Å²) >= 11 is 6.19. The number of hydrogen-bond acceptors (Lipinski definition) is 6. The third-order valence-corrected chi connectivity index (χ3v) is 5.59. The van der Waals surface area contributed by atoms with E-state index in [1.807, 2.05) is 0 Å². The van der Waals surface area contributed by atoms with Crippen LogP contribution >= 0.6 is 24.0 Å². The largest absolute Gasteiger partial charge is 0.493 e. The second-order valence-corrected chi connectivity index (χ2v) is 8.14. The van der Waals surface area contributed by atoms with Gasteiger partial charge in [0.1, 0.15) is 0 Å². The second kappa shape index (κ2) is 9.61. The van der Waals surface area contributed by atoms with Crippen molar-refractivity contribution >= 4 is 51.9 Å². The lowest BCUT2D eigenvalue weighted by molar-refractivity contribution is -0.138. The zero-order valence-corrected chi connectivity index (χ0v) is 18.1. The van der Waals surface area contributed by atoms with E-state index in [0.29, 0.717) is 17.1 Å². The number of halogens is 3. The third kappa shape index (κ3) is 5.40. The standard InChI is InChI=1S/C21H16F3NO5S2/c1-29-16-9-12(5-6-15(16)30-8-7-18(26)27)10-17-19(28)25(20(31)32-17)14-4-2-3-13(11-14)21(22,23)24/h2-6,9-11H,7-8H2,1H3,(H,26,27)/b17-10+. The summed E-state index contributed by atoms with van der Waals surface area (Å²) in [6.45, 7) is -0.0410. The molecule has 6 nitrogen and oxygen atoms in total. The fraction of sp³-hybridized carbons (Fsp3) is 0.190. The molecule has 1 aliphatic rings. The van der Waals surface area contributed by atoms with Gasteiger partial charge in [-0.3, -0.25) is 14.5 Å². The van der Waals surface area contributed by atoms with Gasteiger partial charge in [0.25, 0.3) is 5.91 Å². The van der Waals surface area contributed by atoms with E-state index in [0.717, 1.165) is 28.8 Å². The van der Waals surface area contributed by atoms with Crippen LogP contribution < -0.4 is 14.4 Å². The molecule has 0 aliphatic carbocycles. The Bertz CT molecular complexity index is 1100. The third-order valence-electron chi connectivity index (χ3n) is 4.28. The highest BCUT2D eigenvalue weighted by molar-refractivity contribution is 8.27. The number of methoxy groups -OCH3 is 1. The van der Waals surface area contributed by atoms with E-state index in [4.69, 9.17) is 26.8 Å². The van der Waals surface area contributed by atoms with Gasteiger partial charge in [0.05, 0.1) is 36.3 Å². The van der Waals surface area contributed by atoms with Crippen LogP contribution in [-0.4, -0.2) is 35.0 Å². The molecule has 1 amide bonds. The predicted molar refractivity (Wildman–Crippen MR) is 118 cm³/mol. The van der Waals surface area contributed by atoms with Gasteiger partial charge >= 0.3 is 12.1 Å². The first kappa shape index (κ1) is 23.6. The molecular formula is C21H16F3NO5S2. The Labute approximate surface area is 190 Å². The highest BCUT2D eigenvalue weighted by atomic mass is 32.2. The van der Waals surface area contributed by atoms with Crippen molar-refractivity contribution in [2.45, 2.75) is 12.6 Å². The minimum atomic E-state index is -4.54. The fourth-order valence-electron chi connectivity index (χ4n) is 2.80. The molecule has 0 saturated carbocycles. The molecule has 1 fully saturated rings. The first-order valence-corrected chi connectivity index (χ1v) is 10.3. The van der Waals surface area contributed by atoms with Gasteiger partial charge in [0.15, 0.2) is 15.8 Å². The summed E-state index contributed by atoms with van der Waals surface area (Å²) in [5.74, 6) is -0.872. The molecule has 0 unspecified atom stereocenters. The van der Waals surface area contributed by atoms with E-state index in [9.17, 15) is 22.8 Å². The van der Waals surface area contributed by atoms with Gasteiger partial charge in [-0.1, -0.05) is 36.1 Å². The van der Waals surface area contributed by atoms with Crippen LogP contribution in [0.2, 0.25) is 0 Å². The van der Waals surface area contributed by atoms with Crippen LogP contribution in [0.5, 0.6) is 11.5 Å². The molecule has 0 aromatic heterocycles. The Morgan fingerprint density at radius 2 is 1.97 bits per heavy atom. The van der Waals surface area contributed by atoms with E-state index >= 15 is 0 Å². The van der Waals surface area contributed by atoms with E-state index in [2.05, 4.69) is 0 Å². The molecule has 168 valence electrons. The first-order chi connectivity index (χ1) is 15.1. The lowest BCUT2D eigenvalue weighted by Crippen LogP contribution is -2.27. The van der Waals surface area contributed by atoms with E-state index in [-0.39, 0.29) is 27.9 Å². The van der Waals surface area contributed by atoms with Crippen LogP contribution in [0.25, 0.3) is 6.08 Å². The molecule has 2 aromatic rings. The highest BCUT2D eigenvalue weighted by Crippen LogP contribution is 2.39. The van der Waals surface area contributed by atoms with Gasteiger partial charge < -0.3 is 14.6 Å². The fourth-order valence-corrected chi connectivity index (χ4v) is 4.10. The highest BCUT2D eigenvalue weighted by Gasteiger charge is 2.36. The van der Waals surface area contributed by atoms with Gasteiger partial charge in [-0.15, -0.1) is 0 Å². The lowest BCUT2D eigenvalue weighted by atomic mass is 10.1. The maximum atomic E-state index is 13.0. The number of rotatable bonds is 7. The number of amides is 1. The van der Waals surface area contributed by atoms with Crippen LogP contribution in [0.3, 0.4) is 0 Å². The SMILES string of the molecule is COc1cc(/C=C2/SC(=S)N(c3cccc(C(F)(F)F)c3)C2=O)ccc1OCCC(=O)O. The van der Waals surface area contributed by atoms with Crippen molar-refractivity contribution in [2.75, 3.05) is 18.6 Å². The molecule has 2 aromatic carbocycles. The minimum absolute atomic E-state index is 0.0329. The molecule has 0 bridgehead atoms. The molecule has 11 heteroatoms. The van der Waals surface area contributed by atoms with Crippen molar-refractivity contribution in [2.24, 2.45) is 0 Å². The molecule has 0 atom stereocenters. The zero-order chi connectivity index (χ0) is 23.5. The van der Waals surface area contributed by atoms with E-state index < -0.39 is 23.6 Å². The summed E-state index contributed by atoms with van der Waals surface area (Å²) in [7, 11) is 1.41. The number of anilines is 1. The summed E-state index contributed by atoms with van der Waals surface area (Å²) in [5, 5.41) is 8.70. The van der Waals surface area contributed by atoms with Gasteiger partial charge in [0.2, 0.25) is 0 Å². The number of benzene rings is 2. The molecule has 0 spiro atoms. The van der Waals surface area contributed by atoms with Gasteiger partial charge in [-0.2, -0.15) is 13.2 Å². The van der Waals surface area contributed by atoms with Crippen molar-refractivity contribution < 1.29 is 37.3 Å². The molecule has 1 N–H and O–H groups in total. The molecule has 32 heavy (non-hydrogen) atoms. The molecule has 1 aliphatic heterocycles. The van der Waals surface area contributed by atoms with Crippen molar-refractivity contribution in [3.05, 3.63) is 58.5 Å². The Hall–Kier alpha value is -3.05. The van der Waals surface area contributed by atoms with Crippen LogP contribution in [0, 0.1) is 0 Å². The van der Waals surface area contributed by atoms with E-state index in [1.165, 1.54) is 25.3 Å². The first-order valence-electron chi connectivity index (χ1n) is 9.08. The normalized spacial score (nSPS) is 15.4. The van der Waals surface area contributed by atoms with Gasteiger partial charge in [-0.25, -0.2) is 0 Å². The number of carbonyl (C=O) groups excluding carboxylic acids is 1. The minimum Gasteiger partial charge on any atom is -0.493 e. The van der Waals surface area contributed by atoms with Crippen molar-refractivity contribution in [1.82, 2.24) is 0 Å². The van der Waals surface area contributed by atoms with Gasteiger partial charge in [0, 0.05) is 0 Å². The number of thioether (sulfide) groups is 1. The number of carbonyl (C=O) groups is 2. The summed E-state index contributed by atoms with van der Waals surface area (Å²) in [4.78, 5) is 24.8. The van der Waals surface area contributed by atoms with Gasteiger partial charge in [-0.05, 0) is 42.0 Å². The number of ether oxygens (including phenoxy) is 2. The van der Waals surface area contributed by atoms with Crippen molar-refractivity contribution in [3.63, 3.8) is 0 Å². The number of thiocarbonyl (C=S) groups is 1. The molecule has 0 radical (unpaired) electrons. The summed E-state index contributed by atoms with van der Waals surface area (Å²) in [5.41, 5.74) is -0.279. The average Bonchev–Trinajstić information content (AvgIpc) is 3.01.